The maximum atomic E-state index is 12.4. The van der Waals surface area contributed by atoms with Crippen LogP contribution in [0.2, 0.25) is 0 Å². The topological polar surface area (TPSA) is 29.5 Å². The van der Waals surface area contributed by atoms with Crippen molar-refractivity contribution >= 4 is 17.2 Å². The molecule has 1 amide bonds. The summed E-state index contributed by atoms with van der Waals surface area (Å²) in [7, 11) is 0. The van der Waals surface area contributed by atoms with Crippen molar-refractivity contribution in [2.45, 2.75) is 52.4 Å². The van der Waals surface area contributed by atoms with Gasteiger partial charge in [-0.25, -0.2) is 0 Å². The molecule has 28 heavy (non-hydrogen) atoms. The van der Waals surface area contributed by atoms with Gasteiger partial charge in [0.2, 0.25) is 5.91 Å². The molecule has 0 aliphatic carbocycles. The Labute approximate surface area is 173 Å². The molecule has 0 saturated carbocycles. The zero-order valence-corrected chi connectivity index (χ0v) is 18.1. The molecule has 1 aliphatic rings. The number of hydrogen-bond acceptors (Lipinski definition) is 3. The maximum absolute atomic E-state index is 12.4. The lowest BCUT2D eigenvalue weighted by molar-refractivity contribution is -0.136. The van der Waals surface area contributed by atoms with E-state index in [0.29, 0.717) is 31.5 Å². The van der Waals surface area contributed by atoms with E-state index < -0.39 is 0 Å². The van der Waals surface area contributed by atoms with Gasteiger partial charge in [-0.2, -0.15) is 0 Å². The molecule has 0 bridgehead atoms. The molecule has 0 spiro atoms. The Morgan fingerprint density at radius 2 is 1.71 bits per heavy atom. The number of morpholine rings is 1. The van der Waals surface area contributed by atoms with Gasteiger partial charge in [0.25, 0.3) is 0 Å². The molecule has 1 aromatic carbocycles. The van der Waals surface area contributed by atoms with Crippen LogP contribution in [0.15, 0.2) is 36.4 Å². The van der Waals surface area contributed by atoms with Crippen molar-refractivity contribution in [1.29, 1.82) is 0 Å². The molecular formula is C24H33NO2S. The second kappa shape index (κ2) is 10.8. The van der Waals surface area contributed by atoms with E-state index in [2.05, 4.69) is 50.2 Å². The number of hydrogen-bond donors (Lipinski definition) is 0. The van der Waals surface area contributed by atoms with Crippen molar-refractivity contribution < 1.29 is 9.53 Å². The van der Waals surface area contributed by atoms with Crippen LogP contribution in [0.25, 0.3) is 0 Å². The minimum absolute atomic E-state index is 0.291. The van der Waals surface area contributed by atoms with Crippen LogP contribution in [0.5, 0.6) is 0 Å². The molecule has 1 aromatic heterocycles. The minimum Gasteiger partial charge on any atom is -0.378 e. The number of rotatable bonds is 9. The standard InChI is InChI=1S/C24H33NO2S/c1-19-6-9-21(10-7-19)4-3-5-22-12-13-23(28-22)11-8-20(2)18-24(26)25-14-16-27-17-15-25/h6-7,9-10,12-13,20H,3-5,8,11,14-18H2,1-2H3. The number of carbonyl (C=O) groups is 1. The Morgan fingerprint density at radius 1 is 1.04 bits per heavy atom. The molecule has 1 aliphatic heterocycles. The zero-order chi connectivity index (χ0) is 19.8. The van der Waals surface area contributed by atoms with Crippen LogP contribution >= 0.6 is 11.3 Å². The highest BCUT2D eigenvalue weighted by atomic mass is 32.1. The monoisotopic (exact) mass is 399 g/mol. The van der Waals surface area contributed by atoms with E-state index >= 15 is 0 Å². The van der Waals surface area contributed by atoms with Crippen LogP contribution in [-0.2, 0) is 28.8 Å². The summed E-state index contributed by atoms with van der Waals surface area (Å²) in [5, 5.41) is 0. The summed E-state index contributed by atoms with van der Waals surface area (Å²) in [4.78, 5) is 17.2. The lowest BCUT2D eigenvalue weighted by atomic mass is 10.0. The Morgan fingerprint density at radius 3 is 2.43 bits per heavy atom. The summed E-state index contributed by atoms with van der Waals surface area (Å²) in [5.41, 5.74) is 2.76. The molecule has 2 aromatic rings. The lowest BCUT2D eigenvalue weighted by Crippen LogP contribution is -2.41. The van der Waals surface area contributed by atoms with Gasteiger partial charge in [0.15, 0.2) is 0 Å². The second-order valence-electron chi connectivity index (χ2n) is 8.05. The highest BCUT2D eigenvalue weighted by Crippen LogP contribution is 2.23. The third-order valence-electron chi connectivity index (χ3n) is 5.50. The Hall–Kier alpha value is -1.65. The van der Waals surface area contributed by atoms with E-state index in [-0.39, 0.29) is 0 Å². The van der Waals surface area contributed by atoms with Gasteiger partial charge >= 0.3 is 0 Å². The predicted molar refractivity (Wildman–Crippen MR) is 117 cm³/mol. The third kappa shape index (κ3) is 6.75. The molecule has 3 nitrogen and oxygen atoms in total. The average molecular weight is 400 g/mol. The van der Waals surface area contributed by atoms with Gasteiger partial charge in [-0.05, 0) is 62.6 Å². The van der Waals surface area contributed by atoms with Crippen molar-refractivity contribution in [3.63, 3.8) is 0 Å². The number of carbonyl (C=O) groups excluding carboxylic acids is 1. The summed E-state index contributed by atoms with van der Waals surface area (Å²) < 4.78 is 5.33. The van der Waals surface area contributed by atoms with Crippen LogP contribution in [0.3, 0.4) is 0 Å². The first-order valence-corrected chi connectivity index (χ1v) is 11.4. The van der Waals surface area contributed by atoms with Crippen LogP contribution < -0.4 is 0 Å². The predicted octanol–water partition coefficient (Wildman–Crippen LogP) is 5.05. The third-order valence-corrected chi connectivity index (χ3v) is 6.70. The van der Waals surface area contributed by atoms with Gasteiger partial charge in [0.05, 0.1) is 13.2 Å². The quantitative estimate of drug-likeness (QED) is 0.590. The first-order chi connectivity index (χ1) is 13.6. The highest BCUT2D eigenvalue weighted by molar-refractivity contribution is 7.11. The fraction of sp³-hybridized carbons (Fsp3) is 0.542. The summed E-state index contributed by atoms with van der Waals surface area (Å²) in [6.45, 7) is 7.21. The van der Waals surface area contributed by atoms with Gasteiger partial charge in [-0.3, -0.25) is 4.79 Å². The molecule has 0 radical (unpaired) electrons. The van der Waals surface area contributed by atoms with Gasteiger partial charge in [0.1, 0.15) is 0 Å². The molecule has 1 fully saturated rings. The van der Waals surface area contributed by atoms with E-state index in [1.54, 1.807) is 0 Å². The molecule has 1 atom stereocenters. The SMILES string of the molecule is Cc1ccc(CCCc2ccc(CCC(C)CC(=O)N3CCOCC3)s2)cc1. The van der Waals surface area contributed by atoms with Gasteiger partial charge < -0.3 is 9.64 Å². The van der Waals surface area contributed by atoms with Gasteiger partial charge in [-0.1, -0.05) is 36.8 Å². The Kier molecular flexibility index (Phi) is 8.11. The highest BCUT2D eigenvalue weighted by Gasteiger charge is 2.19. The second-order valence-corrected chi connectivity index (χ2v) is 9.30. The van der Waals surface area contributed by atoms with Crippen LogP contribution in [0, 0.1) is 12.8 Å². The fourth-order valence-corrected chi connectivity index (χ4v) is 4.72. The van der Waals surface area contributed by atoms with E-state index in [1.165, 1.54) is 27.3 Å². The summed E-state index contributed by atoms with van der Waals surface area (Å²) in [6, 6.07) is 13.5. The Bertz CT molecular complexity index is 731. The average Bonchev–Trinajstić information content (AvgIpc) is 3.16. The number of ether oxygens (including phenoxy) is 1. The van der Waals surface area contributed by atoms with Crippen LogP contribution in [0.1, 0.15) is 47.1 Å². The fourth-order valence-electron chi connectivity index (χ4n) is 3.64. The lowest BCUT2D eigenvalue weighted by Gasteiger charge is -2.27. The molecule has 0 N–H and O–H groups in total. The minimum atomic E-state index is 0.291. The van der Waals surface area contributed by atoms with E-state index in [1.807, 2.05) is 16.2 Å². The van der Waals surface area contributed by atoms with E-state index in [9.17, 15) is 4.79 Å². The molecular weight excluding hydrogens is 366 g/mol. The molecule has 152 valence electrons. The molecule has 4 heteroatoms. The number of nitrogens with zero attached hydrogens (tertiary/aromatic N) is 1. The number of aryl methyl sites for hydroxylation is 4. The van der Waals surface area contributed by atoms with Gasteiger partial charge in [-0.15, -0.1) is 11.3 Å². The van der Waals surface area contributed by atoms with Crippen molar-refractivity contribution in [2.24, 2.45) is 5.92 Å². The first kappa shape index (κ1) is 21.1. The summed E-state index contributed by atoms with van der Waals surface area (Å²) >= 11 is 1.95. The zero-order valence-electron chi connectivity index (χ0n) is 17.3. The van der Waals surface area contributed by atoms with Gasteiger partial charge in [0, 0.05) is 29.3 Å². The molecule has 2 heterocycles. The van der Waals surface area contributed by atoms with Crippen molar-refractivity contribution in [3.05, 3.63) is 57.3 Å². The molecule has 1 unspecified atom stereocenters. The normalized spacial score (nSPS) is 15.6. The van der Waals surface area contributed by atoms with E-state index in [0.717, 1.165) is 38.8 Å². The van der Waals surface area contributed by atoms with Crippen LogP contribution in [0.4, 0.5) is 0 Å². The molecule has 3 rings (SSSR count). The first-order valence-electron chi connectivity index (χ1n) is 10.6. The van der Waals surface area contributed by atoms with Crippen molar-refractivity contribution in [1.82, 2.24) is 4.90 Å². The largest absolute Gasteiger partial charge is 0.378 e. The number of benzene rings is 1. The van der Waals surface area contributed by atoms with Crippen molar-refractivity contribution in [3.8, 4) is 0 Å². The summed E-state index contributed by atoms with van der Waals surface area (Å²) in [6.07, 6.45) is 6.33. The van der Waals surface area contributed by atoms with E-state index in [4.69, 9.17) is 4.74 Å². The smallest absolute Gasteiger partial charge is 0.222 e. The number of amides is 1. The summed E-state index contributed by atoms with van der Waals surface area (Å²) in [5.74, 6) is 0.723. The Balaban J connectivity index is 1.35. The molecule has 1 saturated heterocycles. The maximum Gasteiger partial charge on any atom is 0.222 e. The number of thiophene rings is 1. The van der Waals surface area contributed by atoms with Crippen LogP contribution in [-0.4, -0.2) is 37.1 Å². The van der Waals surface area contributed by atoms with Crippen molar-refractivity contribution in [2.75, 3.05) is 26.3 Å².